The highest BCUT2D eigenvalue weighted by molar-refractivity contribution is 5.67. The van der Waals surface area contributed by atoms with Gasteiger partial charge in [-0.3, -0.25) is 14.4 Å². The molecule has 1 saturated heterocycles. The predicted molar refractivity (Wildman–Crippen MR) is 62.1 cm³/mol. The lowest BCUT2D eigenvalue weighted by molar-refractivity contribution is -0.200. The van der Waals surface area contributed by atoms with Crippen LogP contribution in [0.5, 0.6) is 0 Å². The molecule has 1 aliphatic rings. The molecule has 1 unspecified atom stereocenters. The molecule has 0 N–H and O–H groups in total. The Balaban J connectivity index is 2.72. The van der Waals surface area contributed by atoms with Crippen molar-refractivity contribution in [3.8, 4) is 0 Å². The van der Waals surface area contributed by atoms with Crippen molar-refractivity contribution in [3.05, 3.63) is 0 Å². The summed E-state index contributed by atoms with van der Waals surface area (Å²) in [7, 11) is 0. The highest BCUT2D eigenvalue weighted by Gasteiger charge is 2.39. The van der Waals surface area contributed by atoms with Gasteiger partial charge >= 0.3 is 17.9 Å². The van der Waals surface area contributed by atoms with E-state index in [-0.39, 0.29) is 6.61 Å². The number of carbonyl (C=O) groups is 3. The minimum absolute atomic E-state index is 0.0506. The van der Waals surface area contributed by atoms with E-state index in [0.717, 1.165) is 0 Å². The standard InChI is InChI=1S/C12H18O7/c1-7(13)17-6-11-12(19-9(3)15)10(4-5-16-11)18-8(2)14/h10-12H,4-6H2,1-3H3/t10-,11?,12-/m1/s1. The van der Waals surface area contributed by atoms with E-state index in [1.165, 1.54) is 20.8 Å². The van der Waals surface area contributed by atoms with Crippen molar-refractivity contribution in [1.29, 1.82) is 0 Å². The molecule has 1 rings (SSSR count). The second-order valence-electron chi connectivity index (χ2n) is 4.22. The third-order valence-electron chi connectivity index (χ3n) is 2.54. The molecule has 0 aromatic heterocycles. The van der Waals surface area contributed by atoms with Crippen LogP contribution in [0.25, 0.3) is 0 Å². The summed E-state index contributed by atoms with van der Waals surface area (Å²) in [6, 6.07) is 0. The van der Waals surface area contributed by atoms with Crippen LogP contribution in [0.15, 0.2) is 0 Å². The Bertz CT molecular complexity index is 352. The summed E-state index contributed by atoms with van der Waals surface area (Å²) < 4.78 is 20.5. The zero-order chi connectivity index (χ0) is 14.4. The Kier molecular flexibility index (Phi) is 5.75. The van der Waals surface area contributed by atoms with E-state index < -0.39 is 36.2 Å². The number of carbonyl (C=O) groups excluding carboxylic acids is 3. The van der Waals surface area contributed by atoms with Crippen molar-refractivity contribution in [2.24, 2.45) is 0 Å². The van der Waals surface area contributed by atoms with Crippen molar-refractivity contribution in [3.63, 3.8) is 0 Å². The number of hydrogen-bond acceptors (Lipinski definition) is 7. The summed E-state index contributed by atoms with van der Waals surface area (Å²) in [5.41, 5.74) is 0. The molecule has 7 heteroatoms. The van der Waals surface area contributed by atoms with E-state index in [1.807, 2.05) is 0 Å². The molecule has 108 valence electrons. The molecule has 0 amide bonds. The Morgan fingerprint density at radius 3 is 2.21 bits per heavy atom. The molecule has 0 radical (unpaired) electrons. The van der Waals surface area contributed by atoms with Crippen LogP contribution in [0, 0.1) is 0 Å². The first-order chi connectivity index (χ1) is 8.90. The van der Waals surface area contributed by atoms with Crippen LogP contribution in [-0.4, -0.2) is 49.4 Å². The number of esters is 3. The van der Waals surface area contributed by atoms with E-state index in [1.54, 1.807) is 0 Å². The van der Waals surface area contributed by atoms with Gasteiger partial charge < -0.3 is 18.9 Å². The number of hydrogen-bond donors (Lipinski definition) is 0. The largest absolute Gasteiger partial charge is 0.463 e. The molecule has 1 fully saturated rings. The van der Waals surface area contributed by atoms with Crippen molar-refractivity contribution in [1.82, 2.24) is 0 Å². The summed E-state index contributed by atoms with van der Waals surface area (Å²) in [5.74, 6) is -1.43. The smallest absolute Gasteiger partial charge is 0.303 e. The Morgan fingerprint density at radius 2 is 1.68 bits per heavy atom. The zero-order valence-electron chi connectivity index (χ0n) is 11.2. The van der Waals surface area contributed by atoms with E-state index in [9.17, 15) is 14.4 Å². The van der Waals surface area contributed by atoms with Gasteiger partial charge in [0, 0.05) is 27.2 Å². The molecule has 0 saturated carbocycles. The third kappa shape index (κ3) is 5.25. The van der Waals surface area contributed by atoms with Crippen LogP contribution in [0.3, 0.4) is 0 Å². The van der Waals surface area contributed by atoms with Crippen LogP contribution < -0.4 is 0 Å². The van der Waals surface area contributed by atoms with Gasteiger partial charge in [-0.2, -0.15) is 0 Å². The molecule has 1 aliphatic heterocycles. The van der Waals surface area contributed by atoms with Crippen molar-refractivity contribution in [2.45, 2.75) is 45.5 Å². The fraction of sp³-hybridized carbons (Fsp3) is 0.750. The lowest BCUT2D eigenvalue weighted by atomic mass is 10.0. The van der Waals surface area contributed by atoms with E-state index in [0.29, 0.717) is 13.0 Å². The first kappa shape index (κ1) is 15.4. The predicted octanol–water partition coefficient (Wildman–Crippen LogP) is 0.202. The van der Waals surface area contributed by atoms with Gasteiger partial charge in [0.2, 0.25) is 0 Å². The molecule has 0 aromatic carbocycles. The first-order valence-electron chi connectivity index (χ1n) is 5.99. The SMILES string of the molecule is CC(=O)OCC1OCC[C@@H](OC(C)=O)[C@H]1OC(C)=O. The first-order valence-corrected chi connectivity index (χ1v) is 5.99. The number of rotatable bonds is 4. The average molecular weight is 274 g/mol. The lowest BCUT2D eigenvalue weighted by Gasteiger charge is -2.36. The number of ether oxygens (including phenoxy) is 4. The summed E-state index contributed by atoms with van der Waals surface area (Å²) in [5, 5.41) is 0. The second kappa shape index (κ2) is 7.08. The summed E-state index contributed by atoms with van der Waals surface area (Å²) in [6.07, 6.45) is -1.57. The molecule has 7 nitrogen and oxygen atoms in total. The summed E-state index contributed by atoms with van der Waals surface area (Å²) >= 11 is 0. The highest BCUT2D eigenvalue weighted by atomic mass is 16.6. The van der Waals surface area contributed by atoms with Gasteiger partial charge in [0.25, 0.3) is 0 Å². The maximum absolute atomic E-state index is 11.1. The van der Waals surface area contributed by atoms with Gasteiger partial charge in [0.1, 0.15) is 18.8 Å². The molecule has 3 atom stereocenters. The Hall–Kier alpha value is -1.63. The van der Waals surface area contributed by atoms with Gasteiger partial charge in [0.05, 0.1) is 6.61 Å². The Labute approximate surface area is 111 Å². The molecule has 19 heavy (non-hydrogen) atoms. The second-order valence-corrected chi connectivity index (χ2v) is 4.22. The van der Waals surface area contributed by atoms with Crippen LogP contribution >= 0.6 is 0 Å². The fourth-order valence-corrected chi connectivity index (χ4v) is 1.86. The monoisotopic (exact) mass is 274 g/mol. The average Bonchev–Trinajstić information content (AvgIpc) is 2.28. The van der Waals surface area contributed by atoms with E-state index in [4.69, 9.17) is 18.9 Å². The topological polar surface area (TPSA) is 88.1 Å². The lowest BCUT2D eigenvalue weighted by Crippen LogP contribution is -2.50. The van der Waals surface area contributed by atoms with Gasteiger partial charge in [0.15, 0.2) is 6.10 Å². The van der Waals surface area contributed by atoms with Crippen molar-refractivity contribution < 1.29 is 33.3 Å². The van der Waals surface area contributed by atoms with Crippen molar-refractivity contribution >= 4 is 17.9 Å². The molecule has 1 heterocycles. The van der Waals surface area contributed by atoms with Gasteiger partial charge in [-0.05, 0) is 0 Å². The normalized spacial score (nSPS) is 26.4. The van der Waals surface area contributed by atoms with Crippen LogP contribution in [0.1, 0.15) is 27.2 Å². The minimum Gasteiger partial charge on any atom is -0.463 e. The van der Waals surface area contributed by atoms with Gasteiger partial charge in [-0.15, -0.1) is 0 Å². The summed E-state index contributed by atoms with van der Waals surface area (Å²) in [6.45, 7) is 4.09. The maximum atomic E-state index is 11.1. The molecule has 0 bridgehead atoms. The molecule has 0 spiro atoms. The quantitative estimate of drug-likeness (QED) is 0.534. The van der Waals surface area contributed by atoms with Crippen LogP contribution in [0.4, 0.5) is 0 Å². The zero-order valence-corrected chi connectivity index (χ0v) is 11.2. The Morgan fingerprint density at radius 1 is 1.05 bits per heavy atom. The van der Waals surface area contributed by atoms with Crippen LogP contribution in [-0.2, 0) is 33.3 Å². The van der Waals surface area contributed by atoms with Gasteiger partial charge in [-0.1, -0.05) is 0 Å². The van der Waals surface area contributed by atoms with Crippen molar-refractivity contribution in [2.75, 3.05) is 13.2 Å². The molecule has 0 aliphatic carbocycles. The molecular weight excluding hydrogens is 256 g/mol. The summed E-state index contributed by atoms with van der Waals surface area (Å²) in [4.78, 5) is 32.9. The van der Waals surface area contributed by atoms with Crippen LogP contribution in [0.2, 0.25) is 0 Å². The third-order valence-corrected chi connectivity index (χ3v) is 2.54. The molecule has 0 aromatic rings. The fourth-order valence-electron chi connectivity index (χ4n) is 1.86. The maximum Gasteiger partial charge on any atom is 0.303 e. The van der Waals surface area contributed by atoms with E-state index >= 15 is 0 Å². The minimum atomic E-state index is -0.769. The van der Waals surface area contributed by atoms with E-state index in [2.05, 4.69) is 0 Å². The molecular formula is C12H18O7. The van der Waals surface area contributed by atoms with Gasteiger partial charge in [-0.25, -0.2) is 0 Å². The highest BCUT2D eigenvalue weighted by Crippen LogP contribution is 2.22.